The smallest absolute Gasteiger partial charge is 0.342 e. The molecule has 2 rings (SSSR count). The van der Waals surface area contributed by atoms with Crippen molar-refractivity contribution in [2.45, 2.75) is 36.9 Å². The quantitative estimate of drug-likeness (QED) is 0.300. The van der Waals surface area contributed by atoms with Gasteiger partial charge in [-0.25, -0.2) is 9.59 Å². The van der Waals surface area contributed by atoms with Crippen molar-refractivity contribution in [3.05, 3.63) is 0 Å². The predicted octanol–water partition coefficient (Wildman–Crippen LogP) is -2.83. The van der Waals surface area contributed by atoms with Gasteiger partial charge in [0.25, 0.3) is 0 Å². The van der Waals surface area contributed by atoms with Crippen LogP contribution in [0.3, 0.4) is 0 Å². The second-order valence-electron chi connectivity index (χ2n) is 6.05. The van der Waals surface area contributed by atoms with Crippen LogP contribution in [0.2, 0.25) is 0 Å². The Morgan fingerprint density at radius 1 is 0.483 bits per heavy atom. The van der Waals surface area contributed by atoms with E-state index in [1.807, 2.05) is 0 Å². The highest BCUT2D eigenvalue weighted by Crippen LogP contribution is 2.23. The van der Waals surface area contributed by atoms with E-state index < -0.39 is 93.1 Å². The topological polar surface area (TPSA) is 198 Å². The lowest BCUT2D eigenvalue weighted by molar-refractivity contribution is -0.205. The summed E-state index contributed by atoms with van der Waals surface area (Å²) in [6.45, 7) is -3.21. The molecular weight excluding hydrogens is 404 g/mol. The third-order valence-electron chi connectivity index (χ3n) is 3.77. The number of aliphatic hydroxyl groups is 2. The van der Waals surface area contributed by atoms with Crippen molar-refractivity contribution in [2.75, 3.05) is 20.4 Å². The molecule has 0 atom stereocenters. The summed E-state index contributed by atoms with van der Waals surface area (Å²) in [4.78, 5) is 71.5. The molecule has 2 fully saturated rings. The minimum absolute atomic E-state index is 1.01. The Morgan fingerprint density at radius 3 is 1.00 bits per heavy atom. The van der Waals surface area contributed by atoms with Gasteiger partial charge in [-0.1, -0.05) is 0 Å². The number of hydrogen-bond donors (Lipinski definition) is 2. The standard InChI is InChI=1S/C15H16O14/c16-8-1-14(22)2-9(17)26-6-27-11(19)4-15(23,3-10(18)25-5-24-8)13(21)29-7-28-12(14)20/h22-23H,1-7H2. The van der Waals surface area contributed by atoms with Gasteiger partial charge in [-0.3, -0.25) is 19.2 Å². The average molecular weight is 420 g/mol. The summed E-state index contributed by atoms with van der Waals surface area (Å²) in [6, 6.07) is 0. The number of rotatable bonds is 0. The van der Waals surface area contributed by atoms with Crippen LogP contribution in [0, 0.1) is 0 Å². The van der Waals surface area contributed by atoms with Gasteiger partial charge in [-0.05, 0) is 0 Å². The third-order valence-corrected chi connectivity index (χ3v) is 3.77. The third kappa shape index (κ3) is 5.86. The van der Waals surface area contributed by atoms with Crippen LogP contribution < -0.4 is 0 Å². The number of carbonyl (C=O) groups is 6. The highest BCUT2D eigenvalue weighted by molar-refractivity contribution is 5.91. The normalized spacial score (nSPS) is 30.4. The summed E-state index contributed by atoms with van der Waals surface area (Å²) in [5.74, 6) is -8.13. The number of carbonyl (C=O) groups excluding carboxylic acids is 6. The van der Waals surface area contributed by atoms with Crippen molar-refractivity contribution in [3.8, 4) is 0 Å². The molecule has 0 spiro atoms. The fourth-order valence-electron chi connectivity index (χ4n) is 2.30. The lowest BCUT2D eigenvalue weighted by Crippen LogP contribution is -2.48. The van der Waals surface area contributed by atoms with E-state index in [1.54, 1.807) is 0 Å². The molecular formula is C15H16O14. The lowest BCUT2D eigenvalue weighted by atomic mass is 9.95. The van der Waals surface area contributed by atoms with E-state index in [9.17, 15) is 39.0 Å². The minimum Gasteiger partial charge on any atom is -0.428 e. The number of esters is 6. The molecule has 160 valence electrons. The van der Waals surface area contributed by atoms with Gasteiger partial charge in [-0.15, -0.1) is 0 Å². The molecule has 2 bridgehead atoms. The van der Waals surface area contributed by atoms with Crippen LogP contribution in [-0.2, 0) is 57.2 Å². The number of cyclic esters (lactones) is 4. The van der Waals surface area contributed by atoms with Gasteiger partial charge >= 0.3 is 35.8 Å². The first-order valence-corrected chi connectivity index (χ1v) is 7.96. The monoisotopic (exact) mass is 420 g/mol. The molecule has 2 saturated heterocycles. The Bertz CT molecular complexity index is 629. The summed E-state index contributed by atoms with van der Waals surface area (Å²) < 4.78 is 27.1. The van der Waals surface area contributed by atoms with Gasteiger partial charge in [-0.2, -0.15) is 0 Å². The molecule has 14 nitrogen and oxygen atoms in total. The molecule has 0 aliphatic carbocycles. The number of hydrogen-bond acceptors (Lipinski definition) is 14. The van der Waals surface area contributed by atoms with Gasteiger partial charge in [0.2, 0.25) is 20.4 Å². The van der Waals surface area contributed by atoms with E-state index in [-0.39, 0.29) is 0 Å². The molecule has 0 aromatic heterocycles. The summed E-state index contributed by atoms with van der Waals surface area (Å²) >= 11 is 0. The second kappa shape index (κ2) is 8.83. The lowest BCUT2D eigenvalue weighted by Gasteiger charge is -2.27. The molecule has 0 saturated carbocycles. The average Bonchev–Trinajstić information content (AvgIpc) is 2.59. The second-order valence-corrected chi connectivity index (χ2v) is 6.05. The van der Waals surface area contributed by atoms with E-state index in [2.05, 4.69) is 28.4 Å². The van der Waals surface area contributed by atoms with Gasteiger partial charge in [0.15, 0.2) is 11.2 Å². The molecule has 2 N–H and O–H groups in total. The SMILES string of the molecule is O=C1CC2(O)CC(=O)OCOC(=O)CC(O)(CC(=O)OCO1)C(=O)OCOC2=O. The Balaban J connectivity index is 2.41. The summed E-state index contributed by atoms with van der Waals surface area (Å²) in [5.41, 5.74) is -5.61. The van der Waals surface area contributed by atoms with E-state index in [0.29, 0.717) is 0 Å². The highest BCUT2D eigenvalue weighted by Gasteiger charge is 2.46. The van der Waals surface area contributed by atoms with Crippen LogP contribution in [0.15, 0.2) is 0 Å². The highest BCUT2D eigenvalue weighted by atomic mass is 16.7. The molecule has 2 heterocycles. The Hall–Kier alpha value is -3.26. The van der Waals surface area contributed by atoms with Crippen molar-refractivity contribution in [1.82, 2.24) is 0 Å². The molecule has 2 aliphatic rings. The van der Waals surface area contributed by atoms with Crippen molar-refractivity contribution in [2.24, 2.45) is 0 Å². The molecule has 0 aromatic carbocycles. The first-order valence-electron chi connectivity index (χ1n) is 7.96. The van der Waals surface area contributed by atoms with E-state index in [0.717, 1.165) is 0 Å². The fourth-order valence-corrected chi connectivity index (χ4v) is 2.30. The van der Waals surface area contributed by atoms with Crippen LogP contribution in [0.1, 0.15) is 25.7 Å². The molecule has 0 aromatic rings. The van der Waals surface area contributed by atoms with Crippen molar-refractivity contribution >= 4 is 35.8 Å². The maximum absolute atomic E-state index is 12.1. The largest absolute Gasteiger partial charge is 0.428 e. The fraction of sp³-hybridized carbons (Fsp3) is 0.600. The van der Waals surface area contributed by atoms with Crippen LogP contribution in [0.5, 0.6) is 0 Å². The molecule has 0 radical (unpaired) electrons. The maximum Gasteiger partial charge on any atom is 0.342 e. The van der Waals surface area contributed by atoms with Crippen molar-refractivity contribution < 1.29 is 67.4 Å². The van der Waals surface area contributed by atoms with Crippen LogP contribution in [0.4, 0.5) is 0 Å². The first kappa shape index (κ1) is 22.0. The molecule has 0 unspecified atom stereocenters. The molecule has 0 amide bonds. The molecule has 14 heteroatoms. The molecule has 29 heavy (non-hydrogen) atoms. The van der Waals surface area contributed by atoms with Crippen LogP contribution in [-0.4, -0.2) is 77.6 Å². The number of ether oxygens (including phenoxy) is 6. The minimum atomic E-state index is -2.81. The van der Waals surface area contributed by atoms with Crippen LogP contribution in [0.25, 0.3) is 0 Å². The van der Waals surface area contributed by atoms with Gasteiger partial charge in [0.1, 0.15) is 0 Å². The Morgan fingerprint density at radius 2 is 0.724 bits per heavy atom. The predicted molar refractivity (Wildman–Crippen MR) is 79.5 cm³/mol. The molecule has 2 aliphatic heterocycles. The zero-order valence-corrected chi connectivity index (χ0v) is 14.7. The van der Waals surface area contributed by atoms with Gasteiger partial charge < -0.3 is 38.6 Å². The Kier molecular flexibility index (Phi) is 6.71. The summed E-state index contributed by atoms with van der Waals surface area (Å²) in [7, 11) is 0. The van der Waals surface area contributed by atoms with Gasteiger partial charge in [0.05, 0.1) is 25.7 Å². The van der Waals surface area contributed by atoms with E-state index in [1.165, 1.54) is 0 Å². The van der Waals surface area contributed by atoms with E-state index in [4.69, 9.17) is 0 Å². The summed E-state index contributed by atoms with van der Waals surface area (Å²) in [6.07, 6.45) is -4.46. The maximum atomic E-state index is 12.1. The van der Waals surface area contributed by atoms with Crippen molar-refractivity contribution in [1.29, 1.82) is 0 Å². The summed E-state index contributed by atoms with van der Waals surface area (Å²) in [5, 5.41) is 20.8. The zero-order chi connectivity index (χ0) is 21.7. The Labute approximate surface area is 161 Å². The zero-order valence-electron chi connectivity index (χ0n) is 14.7. The van der Waals surface area contributed by atoms with Gasteiger partial charge in [0, 0.05) is 0 Å². The van der Waals surface area contributed by atoms with E-state index >= 15 is 0 Å². The van der Waals surface area contributed by atoms with Crippen molar-refractivity contribution in [3.63, 3.8) is 0 Å². The first-order chi connectivity index (χ1) is 13.5. The number of fused-ring (bicyclic) bond motifs is 6. The van der Waals surface area contributed by atoms with Crippen LogP contribution >= 0.6 is 0 Å².